The monoisotopic (exact) mass is 555 g/mol. The van der Waals surface area contributed by atoms with Crippen LogP contribution in [0.15, 0.2) is 77.7 Å². The van der Waals surface area contributed by atoms with E-state index in [1.165, 1.54) is 17.0 Å². The van der Waals surface area contributed by atoms with E-state index in [0.717, 1.165) is 15.4 Å². The van der Waals surface area contributed by atoms with Gasteiger partial charge in [-0.05, 0) is 81.6 Å². The SMILES string of the molecule is Cc1ccccc1CN(C(=O)CN(c1ccc(Cl)cc1C)S(=O)(=O)c1ccccc1)[C@@H](C)C(=O)NC(C)C. The number of nitrogens with zero attached hydrogens (tertiary/aromatic N) is 2. The molecule has 3 aromatic rings. The van der Waals surface area contributed by atoms with Gasteiger partial charge in [0.1, 0.15) is 12.6 Å². The minimum Gasteiger partial charge on any atom is -0.352 e. The molecule has 1 atom stereocenters. The summed E-state index contributed by atoms with van der Waals surface area (Å²) < 4.78 is 28.8. The van der Waals surface area contributed by atoms with E-state index < -0.39 is 28.5 Å². The molecule has 38 heavy (non-hydrogen) atoms. The number of aryl methyl sites for hydroxylation is 2. The van der Waals surface area contributed by atoms with Gasteiger partial charge in [-0.1, -0.05) is 54.1 Å². The summed E-state index contributed by atoms with van der Waals surface area (Å²) in [7, 11) is -4.12. The average molecular weight is 556 g/mol. The van der Waals surface area contributed by atoms with Crippen molar-refractivity contribution in [2.75, 3.05) is 10.8 Å². The van der Waals surface area contributed by atoms with Crippen molar-refractivity contribution in [1.82, 2.24) is 10.2 Å². The van der Waals surface area contributed by atoms with Gasteiger partial charge in [-0.2, -0.15) is 0 Å². The van der Waals surface area contributed by atoms with Gasteiger partial charge in [0.25, 0.3) is 10.0 Å². The number of carbonyl (C=O) groups excluding carboxylic acids is 2. The van der Waals surface area contributed by atoms with Gasteiger partial charge in [0, 0.05) is 17.6 Å². The van der Waals surface area contributed by atoms with Crippen LogP contribution >= 0.6 is 11.6 Å². The van der Waals surface area contributed by atoms with Gasteiger partial charge >= 0.3 is 0 Å². The fourth-order valence-electron chi connectivity index (χ4n) is 4.09. The predicted octanol–water partition coefficient (Wildman–Crippen LogP) is 5.09. The van der Waals surface area contributed by atoms with Gasteiger partial charge in [0.2, 0.25) is 11.8 Å². The Kier molecular flexibility index (Phi) is 9.57. The van der Waals surface area contributed by atoms with E-state index in [1.807, 2.05) is 45.0 Å². The van der Waals surface area contributed by atoms with Crippen LogP contribution in [-0.2, 0) is 26.2 Å². The van der Waals surface area contributed by atoms with E-state index in [-0.39, 0.29) is 23.4 Å². The van der Waals surface area contributed by atoms with Crippen LogP contribution in [0.2, 0.25) is 5.02 Å². The third-order valence-corrected chi connectivity index (χ3v) is 8.25. The first-order valence-electron chi connectivity index (χ1n) is 12.4. The lowest BCUT2D eigenvalue weighted by Crippen LogP contribution is -2.52. The summed E-state index contributed by atoms with van der Waals surface area (Å²) in [6.07, 6.45) is 0. The predicted molar refractivity (Wildman–Crippen MR) is 152 cm³/mol. The molecule has 0 unspecified atom stereocenters. The Morgan fingerprint density at radius 1 is 0.895 bits per heavy atom. The lowest BCUT2D eigenvalue weighted by molar-refractivity contribution is -0.139. The van der Waals surface area contributed by atoms with E-state index in [2.05, 4.69) is 5.32 Å². The lowest BCUT2D eigenvalue weighted by Gasteiger charge is -2.33. The van der Waals surface area contributed by atoms with Crippen molar-refractivity contribution in [3.05, 3.63) is 94.5 Å². The molecule has 3 aromatic carbocycles. The number of anilines is 1. The highest BCUT2D eigenvalue weighted by Crippen LogP contribution is 2.29. The first-order chi connectivity index (χ1) is 17.9. The van der Waals surface area contributed by atoms with Crippen LogP contribution in [0.3, 0.4) is 0 Å². The fourth-order valence-corrected chi connectivity index (χ4v) is 5.82. The Bertz CT molecular complexity index is 1390. The van der Waals surface area contributed by atoms with E-state index in [9.17, 15) is 18.0 Å². The zero-order chi connectivity index (χ0) is 28.0. The molecule has 0 aromatic heterocycles. The summed E-state index contributed by atoms with van der Waals surface area (Å²) in [6, 6.07) is 19.4. The maximum Gasteiger partial charge on any atom is 0.264 e. The Balaban J connectivity index is 2.07. The maximum absolute atomic E-state index is 13.9. The smallest absolute Gasteiger partial charge is 0.264 e. The second kappa shape index (κ2) is 12.5. The Hall–Kier alpha value is -3.36. The number of benzene rings is 3. The van der Waals surface area contributed by atoms with Crippen LogP contribution in [0.4, 0.5) is 5.69 Å². The van der Waals surface area contributed by atoms with Gasteiger partial charge in [0.15, 0.2) is 0 Å². The molecule has 0 bridgehead atoms. The molecule has 0 aliphatic heterocycles. The molecule has 0 saturated carbocycles. The van der Waals surface area contributed by atoms with Crippen LogP contribution < -0.4 is 9.62 Å². The van der Waals surface area contributed by atoms with Crippen molar-refractivity contribution >= 4 is 39.1 Å². The average Bonchev–Trinajstić information content (AvgIpc) is 2.86. The summed E-state index contributed by atoms with van der Waals surface area (Å²) in [4.78, 5) is 28.4. The second-order valence-electron chi connectivity index (χ2n) is 9.54. The Labute approximate surface area is 230 Å². The number of halogens is 1. The highest BCUT2D eigenvalue weighted by molar-refractivity contribution is 7.92. The number of sulfonamides is 1. The Morgan fingerprint density at radius 3 is 2.13 bits per heavy atom. The van der Waals surface area contributed by atoms with Crippen molar-refractivity contribution in [3.8, 4) is 0 Å². The number of amides is 2. The number of hydrogen-bond donors (Lipinski definition) is 1. The van der Waals surface area contributed by atoms with Crippen LogP contribution in [0.5, 0.6) is 0 Å². The molecule has 9 heteroatoms. The number of rotatable bonds is 10. The van der Waals surface area contributed by atoms with Gasteiger partial charge in [-0.25, -0.2) is 8.42 Å². The molecule has 3 rings (SSSR count). The molecule has 0 heterocycles. The largest absolute Gasteiger partial charge is 0.352 e. The molecule has 0 radical (unpaired) electrons. The molecular weight excluding hydrogens is 522 g/mol. The van der Waals surface area contributed by atoms with Gasteiger partial charge in [-0.15, -0.1) is 0 Å². The van der Waals surface area contributed by atoms with Crippen molar-refractivity contribution < 1.29 is 18.0 Å². The molecule has 1 N–H and O–H groups in total. The molecule has 2 amide bonds. The van der Waals surface area contributed by atoms with Crippen molar-refractivity contribution in [3.63, 3.8) is 0 Å². The van der Waals surface area contributed by atoms with Gasteiger partial charge < -0.3 is 10.2 Å². The highest BCUT2D eigenvalue weighted by Gasteiger charge is 2.33. The van der Waals surface area contributed by atoms with Crippen molar-refractivity contribution in [2.24, 2.45) is 0 Å². The molecule has 0 saturated heterocycles. The summed E-state index contributed by atoms with van der Waals surface area (Å²) in [5.41, 5.74) is 2.76. The molecular formula is C29H34ClN3O4S. The van der Waals surface area contributed by atoms with Gasteiger partial charge in [-0.3, -0.25) is 13.9 Å². The second-order valence-corrected chi connectivity index (χ2v) is 11.8. The minimum absolute atomic E-state index is 0.0539. The lowest BCUT2D eigenvalue weighted by atomic mass is 10.1. The minimum atomic E-state index is -4.12. The Morgan fingerprint density at radius 2 is 1.53 bits per heavy atom. The third kappa shape index (κ3) is 6.94. The number of carbonyl (C=O) groups is 2. The van der Waals surface area contributed by atoms with E-state index in [4.69, 9.17) is 11.6 Å². The van der Waals surface area contributed by atoms with E-state index in [0.29, 0.717) is 16.3 Å². The van der Waals surface area contributed by atoms with Gasteiger partial charge in [0.05, 0.1) is 10.6 Å². The number of hydrogen-bond acceptors (Lipinski definition) is 4. The van der Waals surface area contributed by atoms with Crippen LogP contribution in [0.25, 0.3) is 0 Å². The summed E-state index contributed by atoms with van der Waals surface area (Å²) in [5, 5.41) is 3.31. The summed E-state index contributed by atoms with van der Waals surface area (Å²) in [5.74, 6) is -0.824. The molecule has 0 aliphatic rings. The molecule has 7 nitrogen and oxygen atoms in total. The normalized spacial score (nSPS) is 12.2. The van der Waals surface area contributed by atoms with E-state index in [1.54, 1.807) is 50.2 Å². The molecule has 0 spiro atoms. The fraction of sp³-hybridized carbons (Fsp3) is 0.310. The standard InChI is InChI=1S/C29H34ClN3O4S/c1-20(2)31-29(35)23(5)32(18-24-12-10-9-11-21(24)3)28(34)19-33(27-16-15-25(30)17-22(27)4)38(36,37)26-13-7-6-8-14-26/h6-17,20,23H,18-19H2,1-5H3,(H,31,35)/t23-/m0/s1. The quantitative estimate of drug-likeness (QED) is 0.377. The first kappa shape index (κ1) is 29.2. The topological polar surface area (TPSA) is 86.8 Å². The van der Waals surface area contributed by atoms with Crippen molar-refractivity contribution in [1.29, 1.82) is 0 Å². The third-order valence-electron chi connectivity index (χ3n) is 6.24. The highest BCUT2D eigenvalue weighted by atomic mass is 35.5. The molecule has 0 fully saturated rings. The zero-order valence-electron chi connectivity index (χ0n) is 22.3. The zero-order valence-corrected chi connectivity index (χ0v) is 23.9. The van der Waals surface area contributed by atoms with Crippen LogP contribution in [0.1, 0.15) is 37.5 Å². The summed E-state index contributed by atoms with van der Waals surface area (Å²) >= 11 is 6.14. The van der Waals surface area contributed by atoms with Crippen molar-refractivity contribution in [2.45, 2.75) is 58.1 Å². The maximum atomic E-state index is 13.9. The van der Waals surface area contributed by atoms with Crippen LogP contribution in [-0.4, -0.2) is 43.8 Å². The molecule has 202 valence electrons. The first-order valence-corrected chi connectivity index (χ1v) is 14.2. The number of nitrogens with one attached hydrogen (secondary N) is 1. The molecule has 0 aliphatic carbocycles. The van der Waals surface area contributed by atoms with Crippen LogP contribution in [0, 0.1) is 13.8 Å². The van der Waals surface area contributed by atoms with E-state index >= 15 is 0 Å². The summed E-state index contributed by atoms with van der Waals surface area (Å²) in [6.45, 7) is 8.66.